The van der Waals surface area contributed by atoms with Crippen molar-refractivity contribution in [1.29, 1.82) is 0 Å². The molecule has 1 amide bonds. The summed E-state index contributed by atoms with van der Waals surface area (Å²) in [5.41, 5.74) is 1.43. The summed E-state index contributed by atoms with van der Waals surface area (Å²) in [5, 5.41) is 8.18. The molecule has 1 aromatic heterocycles. The Morgan fingerprint density at radius 2 is 1.97 bits per heavy atom. The molecule has 4 aromatic rings. The van der Waals surface area contributed by atoms with Crippen LogP contribution in [-0.2, 0) is 11.2 Å². The number of hydrogen-bond acceptors (Lipinski definition) is 6. The zero-order chi connectivity index (χ0) is 25.7. The Morgan fingerprint density at radius 1 is 1.19 bits per heavy atom. The SMILES string of the molecule is CCc1nc2ccc(Br)cc2c(=O)n1N=Cc1cccc(OC)c1OCC(=O)Nc1ccc(Cl)cc1. The fraction of sp³-hybridized carbons (Fsp3) is 0.154. The summed E-state index contributed by atoms with van der Waals surface area (Å²) in [7, 11) is 1.50. The van der Waals surface area contributed by atoms with Crippen molar-refractivity contribution in [2.24, 2.45) is 5.10 Å². The predicted molar refractivity (Wildman–Crippen MR) is 145 cm³/mol. The van der Waals surface area contributed by atoms with Crippen LogP contribution >= 0.6 is 27.5 Å². The van der Waals surface area contributed by atoms with Crippen molar-refractivity contribution in [1.82, 2.24) is 9.66 Å². The molecule has 1 N–H and O–H groups in total. The highest BCUT2D eigenvalue weighted by Gasteiger charge is 2.14. The molecule has 0 unspecified atom stereocenters. The molecule has 8 nitrogen and oxygen atoms in total. The van der Waals surface area contributed by atoms with Gasteiger partial charge in [-0.05, 0) is 54.6 Å². The second kappa shape index (κ2) is 11.4. The van der Waals surface area contributed by atoms with Gasteiger partial charge >= 0.3 is 0 Å². The maximum Gasteiger partial charge on any atom is 0.282 e. The van der Waals surface area contributed by atoms with Crippen LogP contribution in [0.2, 0.25) is 5.02 Å². The van der Waals surface area contributed by atoms with Crippen LogP contribution in [0.3, 0.4) is 0 Å². The molecule has 1 heterocycles. The molecule has 0 aliphatic heterocycles. The Labute approximate surface area is 220 Å². The first kappa shape index (κ1) is 25.4. The number of rotatable bonds is 8. The van der Waals surface area contributed by atoms with Crippen LogP contribution in [0.4, 0.5) is 5.69 Å². The predicted octanol–water partition coefficient (Wildman–Crippen LogP) is 5.28. The fourth-order valence-electron chi connectivity index (χ4n) is 3.48. The first-order valence-corrected chi connectivity index (χ1v) is 12.2. The second-order valence-electron chi connectivity index (χ2n) is 7.63. The lowest BCUT2D eigenvalue weighted by atomic mass is 10.2. The van der Waals surface area contributed by atoms with E-state index in [0.29, 0.717) is 50.9 Å². The Balaban J connectivity index is 1.62. The van der Waals surface area contributed by atoms with Crippen LogP contribution in [0.5, 0.6) is 11.5 Å². The van der Waals surface area contributed by atoms with E-state index in [4.69, 9.17) is 21.1 Å². The van der Waals surface area contributed by atoms with E-state index in [-0.39, 0.29) is 18.1 Å². The van der Waals surface area contributed by atoms with Gasteiger partial charge in [0.05, 0.1) is 24.2 Å². The van der Waals surface area contributed by atoms with E-state index in [0.717, 1.165) is 4.47 Å². The summed E-state index contributed by atoms with van der Waals surface area (Å²) in [4.78, 5) is 30.2. The molecule has 0 aliphatic carbocycles. The minimum absolute atomic E-state index is 0.268. The molecular formula is C26H22BrClN4O4. The highest BCUT2D eigenvalue weighted by atomic mass is 79.9. The summed E-state index contributed by atoms with van der Waals surface area (Å²) in [6.07, 6.45) is 1.99. The van der Waals surface area contributed by atoms with Crippen molar-refractivity contribution >= 4 is 56.2 Å². The number of para-hydroxylation sites is 1. The Kier molecular flexibility index (Phi) is 8.02. The minimum atomic E-state index is -0.361. The lowest BCUT2D eigenvalue weighted by Crippen LogP contribution is -2.22. The third-order valence-electron chi connectivity index (χ3n) is 5.21. The topological polar surface area (TPSA) is 94.8 Å². The number of halogens is 2. The maximum atomic E-state index is 13.2. The molecule has 0 spiro atoms. The normalized spacial score (nSPS) is 11.1. The lowest BCUT2D eigenvalue weighted by molar-refractivity contribution is -0.118. The van der Waals surface area contributed by atoms with Gasteiger partial charge in [-0.1, -0.05) is 40.5 Å². The largest absolute Gasteiger partial charge is 0.493 e. The van der Waals surface area contributed by atoms with Crippen molar-refractivity contribution in [2.45, 2.75) is 13.3 Å². The summed E-state index contributed by atoms with van der Waals surface area (Å²) >= 11 is 9.28. The number of benzene rings is 3. The lowest BCUT2D eigenvalue weighted by Gasteiger charge is -2.13. The molecule has 0 atom stereocenters. The van der Waals surface area contributed by atoms with E-state index in [1.807, 2.05) is 13.0 Å². The van der Waals surface area contributed by atoms with Gasteiger partial charge in [0.1, 0.15) is 5.82 Å². The number of aromatic nitrogens is 2. The van der Waals surface area contributed by atoms with Crippen LogP contribution < -0.4 is 20.3 Å². The number of fused-ring (bicyclic) bond motifs is 1. The fourth-order valence-corrected chi connectivity index (χ4v) is 3.97. The van der Waals surface area contributed by atoms with E-state index in [9.17, 15) is 9.59 Å². The van der Waals surface area contributed by atoms with Crippen molar-refractivity contribution in [3.8, 4) is 11.5 Å². The van der Waals surface area contributed by atoms with E-state index >= 15 is 0 Å². The Hall–Kier alpha value is -3.69. The zero-order valence-corrected chi connectivity index (χ0v) is 21.8. The van der Waals surface area contributed by atoms with Crippen molar-refractivity contribution in [3.05, 3.63) is 91.9 Å². The number of carbonyl (C=O) groups is 1. The number of methoxy groups -OCH3 is 1. The number of nitrogens with one attached hydrogen (secondary N) is 1. The summed E-state index contributed by atoms with van der Waals surface area (Å²) in [5.74, 6) is 0.887. The van der Waals surface area contributed by atoms with Crippen LogP contribution in [0.1, 0.15) is 18.3 Å². The summed E-state index contributed by atoms with van der Waals surface area (Å²) < 4.78 is 13.3. The number of amides is 1. The third kappa shape index (κ3) is 5.75. The average molecular weight is 570 g/mol. The monoisotopic (exact) mass is 568 g/mol. The molecule has 0 aliphatic rings. The van der Waals surface area contributed by atoms with Gasteiger partial charge in [0.25, 0.3) is 11.5 Å². The maximum absolute atomic E-state index is 13.2. The number of anilines is 1. The van der Waals surface area contributed by atoms with E-state index in [1.54, 1.807) is 54.6 Å². The summed E-state index contributed by atoms with van der Waals surface area (Å²) in [6.45, 7) is 1.63. The highest BCUT2D eigenvalue weighted by molar-refractivity contribution is 9.10. The molecular weight excluding hydrogens is 548 g/mol. The van der Waals surface area contributed by atoms with Crippen molar-refractivity contribution < 1.29 is 14.3 Å². The first-order chi connectivity index (χ1) is 17.4. The van der Waals surface area contributed by atoms with Crippen LogP contribution in [0.25, 0.3) is 10.9 Å². The molecule has 10 heteroatoms. The van der Waals surface area contributed by atoms with E-state index in [1.165, 1.54) is 18.0 Å². The van der Waals surface area contributed by atoms with Gasteiger partial charge < -0.3 is 14.8 Å². The first-order valence-electron chi connectivity index (χ1n) is 11.0. The number of aryl methyl sites for hydroxylation is 1. The van der Waals surface area contributed by atoms with Crippen LogP contribution in [0.15, 0.2) is 75.0 Å². The van der Waals surface area contributed by atoms with Gasteiger partial charge in [-0.25, -0.2) is 4.98 Å². The molecule has 0 fully saturated rings. The van der Waals surface area contributed by atoms with Crippen molar-refractivity contribution in [2.75, 3.05) is 19.0 Å². The molecule has 4 rings (SSSR count). The molecule has 3 aromatic carbocycles. The van der Waals surface area contributed by atoms with Gasteiger partial charge in [-0.3, -0.25) is 9.59 Å². The number of ether oxygens (including phenoxy) is 2. The quantitative estimate of drug-likeness (QED) is 0.291. The van der Waals surface area contributed by atoms with Gasteiger partial charge in [-0.15, -0.1) is 0 Å². The van der Waals surface area contributed by atoms with Crippen molar-refractivity contribution in [3.63, 3.8) is 0 Å². The Bertz CT molecular complexity index is 1500. The highest BCUT2D eigenvalue weighted by Crippen LogP contribution is 2.30. The molecule has 0 saturated carbocycles. The molecule has 36 heavy (non-hydrogen) atoms. The second-order valence-corrected chi connectivity index (χ2v) is 8.98. The number of hydrogen-bond donors (Lipinski definition) is 1. The molecule has 0 bridgehead atoms. The smallest absolute Gasteiger partial charge is 0.282 e. The summed E-state index contributed by atoms with van der Waals surface area (Å²) in [6, 6.07) is 17.3. The Morgan fingerprint density at radius 3 is 2.69 bits per heavy atom. The third-order valence-corrected chi connectivity index (χ3v) is 5.95. The standard InChI is InChI=1S/C26H22BrClN4O4/c1-3-23-31-21-12-7-17(27)13-20(21)26(34)32(23)29-14-16-5-4-6-22(35-2)25(16)36-15-24(33)30-19-10-8-18(28)9-11-19/h4-14H,3,15H2,1-2H3,(H,30,33). The number of carbonyl (C=O) groups excluding carboxylic acids is 1. The van der Waals surface area contributed by atoms with Crippen LogP contribution in [0, 0.1) is 0 Å². The van der Waals surface area contributed by atoms with Gasteiger partial charge in [0.2, 0.25) is 0 Å². The zero-order valence-electron chi connectivity index (χ0n) is 19.5. The van der Waals surface area contributed by atoms with Gasteiger partial charge in [0.15, 0.2) is 18.1 Å². The van der Waals surface area contributed by atoms with Gasteiger partial charge in [-0.2, -0.15) is 9.78 Å². The van der Waals surface area contributed by atoms with E-state index in [2.05, 4.69) is 31.3 Å². The average Bonchev–Trinajstić information content (AvgIpc) is 2.88. The molecule has 0 radical (unpaired) electrons. The molecule has 0 saturated heterocycles. The number of nitrogens with zero attached hydrogens (tertiary/aromatic N) is 3. The minimum Gasteiger partial charge on any atom is -0.493 e. The van der Waals surface area contributed by atoms with Crippen LogP contribution in [-0.4, -0.2) is 35.5 Å². The molecule has 184 valence electrons. The van der Waals surface area contributed by atoms with Gasteiger partial charge in [0, 0.05) is 27.2 Å². The van der Waals surface area contributed by atoms with E-state index < -0.39 is 0 Å².